The zero-order valence-corrected chi connectivity index (χ0v) is 14.6. The molecular weight excluding hydrogens is 330 g/mol. The van der Waals surface area contributed by atoms with Crippen LogP contribution in [0.1, 0.15) is 0 Å². The molecule has 0 aromatic heterocycles. The molecule has 4 rings (SSSR count). The van der Waals surface area contributed by atoms with Gasteiger partial charge in [-0.2, -0.15) is 0 Å². The zero-order chi connectivity index (χ0) is 17.9. The molecule has 0 radical (unpaired) electrons. The van der Waals surface area contributed by atoms with Gasteiger partial charge >= 0.3 is 6.09 Å². The van der Waals surface area contributed by atoms with Gasteiger partial charge in [0.2, 0.25) is 0 Å². The second kappa shape index (κ2) is 7.25. The first-order chi connectivity index (χ1) is 12.7. The number of benzene rings is 2. The molecule has 0 spiro atoms. The normalized spacial score (nSPS) is 20.4. The minimum atomic E-state index is -0.437. The average Bonchev–Trinajstić information content (AvgIpc) is 3.10. The van der Waals surface area contributed by atoms with E-state index in [1.807, 2.05) is 30.3 Å². The number of carbonyl (C=O) groups is 1. The monoisotopic (exact) mass is 353 g/mol. The fraction of sp³-hybridized carbons (Fsp3) is 0.350. The van der Waals surface area contributed by atoms with Gasteiger partial charge in [0.25, 0.3) is 0 Å². The molecule has 136 valence electrons. The van der Waals surface area contributed by atoms with Crippen LogP contribution in [0, 0.1) is 0 Å². The topological polar surface area (TPSA) is 56.3 Å². The lowest BCUT2D eigenvalue weighted by atomic mass is 10.2. The van der Waals surface area contributed by atoms with Crippen molar-refractivity contribution in [1.82, 2.24) is 0 Å². The molecule has 2 saturated heterocycles. The molecule has 6 heteroatoms. The van der Waals surface area contributed by atoms with Crippen LogP contribution in [-0.4, -0.2) is 56.6 Å². The van der Waals surface area contributed by atoms with Gasteiger partial charge in [-0.25, -0.2) is 4.79 Å². The van der Waals surface area contributed by atoms with Crippen LogP contribution in [0.5, 0.6) is 0 Å². The highest BCUT2D eigenvalue weighted by atomic mass is 16.6. The Kier molecular flexibility index (Phi) is 4.67. The van der Waals surface area contributed by atoms with Gasteiger partial charge in [0.15, 0.2) is 0 Å². The molecule has 0 unspecified atom stereocenters. The fourth-order valence-corrected chi connectivity index (χ4v) is 3.53. The molecule has 2 aromatic rings. The zero-order valence-electron chi connectivity index (χ0n) is 14.6. The molecule has 0 bridgehead atoms. The Morgan fingerprint density at radius 3 is 1.92 bits per heavy atom. The number of cyclic esters (lactones) is 1. The van der Waals surface area contributed by atoms with Gasteiger partial charge < -0.3 is 19.6 Å². The molecule has 1 N–H and O–H groups in total. The minimum Gasteiger partial charge on any atom is -0.441 e. The predicted octanol–water partition coefficient (Wildman–Crippen LogP) is 2.33. The summed E-state index contributed by atoms with van der Waals surface area (Å²) in [6.07, 6.45) is -0.832. The first-order valence-corrected chi connectivity index (χ1v) is 8.98. The SMILES string of the molecule is O=C1O[C@@H](CO)CN1c1ccc(N2CCN(c3ccccc3)CC2)cc1. The third kappa shape index (κ3) is 3.32. The van der Waals surface area contributed by atoms with Gasteiger partial charge in [-0.05, 0) is 36.4 Å². The van der Waals surface area contributed by atoms with Crippen molar-refractivity contribution in [3.63, 3.8) is 0 Å². The molecule has 2 aliphatic rings. The van der Waals surface area contributed by atoms with Gasteiger partial charge in [0.1, 0.15) is 6.10 Å². The van der Waals surface area contributed by atoms with Crippen LogP contribution in [0.15, 0.2) is 54.6 Å². The highest BCUT2D eigenvalue weighted by molar-refractivity contribution is 5.90. The second-order valence-electron chi connectivity index (χ2n) is 6.62. The average molecular weight is 353 g/mol. The number of hydrogen-bond acceptors (Lipinski definition) is 5. The Balaban J connectivity index is 1.38. The van der Waals surface area contributed by atoms with Gasteiger partial charge in [0.05, 0.1) is 13.2 Å². The maximum absolute atomic E-state index is 11.9. The molecule has 2 aliphatic heterocycles. The van der Waals surface area contributed by atoms with Crippen molar-refractivity contribution in [1.29, 1.82) is 0 Å². The highest BCUT2D eigenvalue weighted by Gasteiger charge is 2.31. The first-order valence-electron chi connectivity index (χ1n) is 8.98. The van der Waals surface area contributed by atoms with E-state index in [1.54, 1.807) is 4.90 Å². The van der Waals surface area contributed by atoms with Crippen molar-refractivity contribution in [3.05, 3.63) is 54.6 Å². The summed E-state index contributed by atoms with van der Waals surface area (Å²) in [6, 6.07) is 18.5. The summed E-state index contributed by atoms with van der Waals surface area (Å²) in [5, 5.41) is 9.15. The number of anilines is 3. The van der Waals surface area contributed by atoms with Crippen molar-refractivity contribution < 1.29 is 14.6 Å². The Labute approximate surface area is 153 Å². The summed E-state index contributed by atoms with van der Waals surface area (Å²) >= 11 is 0. The lowest BCUT2D eigenvalue weighted by Gasteiger charge is -2.37. The van der Waals surface area contributed by atoms with Crippen LogP contribution in [0.3, 0.4) is 0 Å². The molecule has 6 nitrogen and oxygen atoms in total. The summed E-state index contributed by atoms with van der Waals surface area (Å²) in [6.45, 7) is 4.15. The van der Waals surface area contributed by atoms with E-state index in [4.69, 9.17) is 9.84 Å². The lowest BCUT2D eigenvalue weighted by Crippen LogP contribution is -2.46. The van der Waals surface area contributed by atoms with E-state index >= 15 is 0 Å². The van der Waals surface area contributed by atoms with E-state index < -0.39 is 12.2 Å². The minimum absolute atomic E-state index is 0.147. The van der Waals surface area contributed by atoms with Crippen molar-refractivity contribution in [3.8, 4) is 0 Å². The van der Waals surface area contributed by atoms with Crippen molar-refractivity contribution >= 4 is 23.2 Å². The number of amides is 1. The summed E-state index contributed by atoms with van der Waals surface area (Å²) < 4.78 is 5.10. The van der Waals surface area contributed by atoms with Crippen LogP contribution >= 0.6 is 0 Å². The largest absolute Gasteiger partial charge is 0.441 e. The molecule has 2 heterocycles. The first kappa shape index (κ1) is 16.7. The summed E-state index contributed by atoms with van der Waals surface area (Å²) in [5.41, 5.74) is 3.24. The van der Waals surface area contributed by atoms with E-state index in [9.17, 15) is 4.79 Å². The van der Waals surface area contributed by atoms with Crippen LogP contribution < -0.4 is 14.7 Å². The second-order valence-corrected chi connectivity index (χ2v) is 6.62. The van der Waals surface area contributed by atoms with Gasteiger partial charge in [0, 0.05) is 43.2 Å². The van der Waals surface area contributed by atoms with E-state index in [0.29, 0.717) is 6.54 Å². The van der Waals surface area contributed by atoms with Gasteiger partial charge in [-0.1, -0.05) is 18.2 Å². The van der Waals surface area contributed by atoms with Crippen molar-refractivity contribution in [2.45, 2.75) is 6.10 Å². The number of piperazine rings is 1. The van der Waals surface area contributed by atoms with E-state index in [1.165, 1.54) is 5.69 Å². The number of rotatable bonds is 4. The van der Waals surface area contributed by atoms with E-state index in [0.717, 1.165) is 37.6 Å². The number of aliphatic hydroxyl groups excluding tert-OH is 1. The standard InChI is InChI=1S/C20H23N3O3/c24-15-19-14-23(20(25)26-19)18-8-6-17(7-9-18)22-12-10-21(11-13-22)16-4-2-1-3-5-16/h1-9,19,24H,10-15H2/t19-/m1/s1. The van der Waals surface area contributed by atoms with Crippen LogP contribution in [-0.2, 0) is 4.74 Å². The van der Waals surface area contributed by atoms with E-state index in [2.05, 4.69) is 34.1 Å². The highest BCUT2D eigenvalue weighted by Crippen LogP contribution is 2.26. The van der Waals surface area contributed by atoms with Crippen LogP contribution in [0.2, 0.25) is 0 Å². The number of para-hydroxylation sites is 1. The maximum Gasteiger partial charge on any atom is 0.414 e. The summed E-state index contributed by atoms with van der Waals surface area (Å²) in [5.74, 6) is 0. The Hall–Kier alpha value is -2.73. The Bertz CT molecular complexity index is 743. The number of aliphatic hydroxyl groups is 1. The quantitative estimate of drug-likeness (QED) is 0.914. The van der Waals surface area contributed by atoms with Crippen LogP contribution in [0.4, 0.5) is 21.9 Å². The molecular formula is C20H23N3O3. The van der Waals surface area contributed by atoms with Crippen molar-refractivity contribution in [2.24, 2.45) is 0 Å². The molecule has 0 aliphatic carbocycles. The summed E-state index contributed by atoms with van der Waals surface area (Å²) in [7, 11) is 0. The Morgan fingerprint density at radius 2 is 1.38 bits per heavy atom. The third-order valence-electron chi connectivity index (χ3n) is 5.01. The molecule has 0 saturated carbocycles. The number of ether oxygens (including phenoxy) is 1. The van der Waals surface area contributed by atoms with Gasteiger partial charge in [-0.15, -0.1) is 0 Å². The smallest absolute Gasteiger partial charge is 0.414 e. The van der Waals surface area contributed by atoms with Crippen LogP contribution in [0.25, 0.3) is 0 Å². The van der Waals surface area contributed by atoms with E-state index in [-0.39, 0.29) is 6.61 Å². The lowest BCUT2D eigenvalue weighted by molar-refractivity contribution is 0.0963. The molecule has 2 aromatic carbocycles. The fourth-order valence-electron chi connectivity index (χ4n) is 3.53. The number of nitrogens with zero attached hydrogens (tertiary/aromatic N) is 3. The predicted molar refractivity (Wildman–Crippen MR) is 102 cm³/mol. The molecule has 1 amide bonds. The number of hydrogen-bond donors (Lipinski definition) is 1. The Morgan fingerprint density at radius 1 is 0.846 bits per heavy atom. The maximum atomic E-state index is 11.9. The summed E-state index contributed by atoms with van der Waals surface area (Å²) in [4.78, 5) is 18.2. The molecule has 1 atom stereocenters. The number of carbonyl (C=O) groups excluding carboxylic acids is 1. The molecule has 26 heavy (non-hydrogen) atoms. The van der Waals surface area contributed by atoms with Gasteiger partial charge in [-0.3, -0.25) is 4.90 Å². The van der Waals surface area contributed by atoms with Crippen molar-refractivity contribution in [2.75, 3.05) is 54.0 Å². The third-order valence-corrected chi connectivity index (χ3v) is 5.01. The molecule has 2 fully saturated rings.